The second-order valence-corrected chi connectivity index (χ2v) is 3.78. The van der Waals surface area contributed by atoms with E-state index in [9.17, 15) is 0 Å². The lowest BCUT2D eigenvalue weighted by atomic mass is 10.5. The van der Waals surface area contributed by atoms with Gasteiger partial charge in [-0.1, -0.05) is 0 Å². The van der Waals surface area contributed by atoms with Gasteiger partial charge in [0, 0.05) is 6.10 Å². The molecule has 0 aliphatic heterocycles. The van der Waals surface area contributed by atoms with Crippen LogP contribution in [0.5, 0.6) is 0 Å². The molecule has 5 heteroatoms. The van der Waals surface area contributed by atoms with E-state index in [1.165, 1.54) is 0 Å². The monoisotopic (exact) mass is 214 g/mol. The van der Waals surface area contributed by atoms with Crippen molar-refractivity contribution in [2.24, 2.45) is 0 Å². The summed E-state index contributed by atoms with van der Waals surface area (Å²) in [6, 6.07) is 0. The fraction of sp³-hybridized carbons (Fsp3) is 1.00. The Morgan fingerprint density at radius 1 is 0.714 bits per heavy atom. The zero-order valence-corrected chi connectivity index (χ0v) is 10.9. The maximum Gasteiger partial charge on any atom is 0.0483 e. The van der Waals surface area contributed by atoms with Crippen LogP contribution < -0.4 is 0 Å². The van der Waals surface area contributed by atoms with Crippen molar-refractivity contribution < 1.29 is 16.1 Å². The van der Waals surface area contributed by atoms with E-state index in [4.69, 9.17) is 5.11 Å². The summed E-state index contributed by atoms with van der Waals surface area (Å²) in [4.78, 5) is 4.00. The molecule has 5 N–H and O–H groups in total. The van der Waals surface area contributed by atoms with E-state index in [0.717, 1.165) is 0 Å². The van der Waals surface area contributed by atoms with Crippen LogP contribution >= 0.6 is 0 Å². The molecule has 0 saturated heterocycles. The highest BCUT2D eigenvalue weighted by atomic mass is 16.3. The Kier molecular flexibility index (Phi) is 48.0. The van der Waals surface area contributed by atoms with Crippen molar-refractivity contribution in [2.75, 3.05) is 42.3 Å². The summed E-state index contributed by atoms with van der Waals surface area (Å²) < 4.78 is 0. The molecule has 0 atom stereocenters. The molecule has 14 heavy (non-hydrogen) atoms. The first-order chi connectivity index (χ1) is 5.20. The van der Waals surface area contributed by atoms with Crippen LogP contribution in [0.4, 0.5) is 0 Å². The molecule has 0 unspecified atom stereocenters. The van der Waals surface area contributed by atoms with Gasteiger partial charge in [-0.05, 0) is 56.1 Å². The molecule has 0 aromatic rings. The molecular weight excluding hydrogens is 184 g/mol. The Balaban J connectivity index is -0.0000000270. The third-order valence-corrected chi connectivity index (χ3v) is 0. The SMILES string of the molecule is CC(C)O.CN(C)C.CN(C)C.O.O. The highest BCUT2D eigenvalue weighted by molar-refractivity contribution is 4.20. The Morgan fingerprint density at radius 3 is 0.714 bits per heavy atom. The van der Waals surface area contributed by atoms with Gasteiger partial charge in [-0.3, -0.25) is 0 Å². The van der Waals surface area contributed by atoms with Crippen LogP contribution in [0.3, 0.4) is 0 Å². The van der Waals surface area contributed by atoms with Gasteiger partial charge in [0.15, 0.2) is 0 Å². The number of hydrogen-bond donors (Lipinski definition) is 1. The van der Waals surface area contributed by atoms with Gasteiger partial charge in [-0.15, -0.1) is 0 Å². The molecule has 0 saturated carbocycles. The number of aliphatic hydroxyl groups excluding tert-OH is 1. The molecule has 0 aromatic carbocycles. The van der Waals surface area contributed by atoms with Crippen molar-refractivity contribution in [3.8, 4) is 0 Å². The largest absolute Gasteiger partial charge is 0.412 e. The lowest BCUT2D eigenvalue weighted by Gasteiger charge is -1.90. The summed E-state index contributed by atoms with van der Waals surface area (Å²) >= 11 is 0. The summed E-state index contributed by atoms with van der Waals surface area (Å²) in [5, 5.41) is 8.06. The lowest BCUT2D eigenvalue weighted by molar-refractivity contribution is 0.216. The highest BCUT2D eigenvalue weighted by Crippen LogP contribution is 1.65. The summed E-state index contributed by atoms with van der Waals surface area (Å²) in [7, 11) is 12.0. The molecule has 0 aromatic heterocycles. The van der Waals surface area contributed by atoms with Crippen molar-refractivity contribution >= 4 is 0 Å². The van der Waals surface area contributed by atoms with Crippen LogP contribution in [0.2, 0.25) is 0 Å². The summed E-state index contributed by atoms with van der Waals surface area (Å²) in [6.07, 6.45) is -0.167. The summed E-state index contributed by atoms with van der Waals surface area (Å²) in [5.41, 5.74) is 0. The minimum atomic E-state index is -0.167. The van der Waals surface area contributed by atoms with E-state index < -0.39 is 0 Å². The van der Waals surface area contributed by atoms with Crippen LogP contribution in [-0.2, 0) is 0 Å². The molecule has 0 aliphatic rings. The zero-order valence-electron chi connectivity index (χ0n) is 10.9. The molecule has 5 nitrogen and oxygen atoms in total. The number of hydrogen-bond acceptors (Lipinski definition) is 3. The average Bonchev–Trinajstić information content (AvgIpc) is 1.54. The van der Waals surface area contributed by atoms with Gasteiger partial charge in [-0.25, -0.2) is 0 Å². The topological polar surface area (TPSA) is 89.7 Å². The Labute approximate surface area is 88.9 Å². The average molecular weight is 214 g/mol. The Bertz CT molecular complexity index is 46.5. The smallest absolute Gasteiger partial charge is 0.0483 e. The van der Waals surface area contributed by atoms with Gasteiger partial charge in [0.2, 0.25) is 0 Å². The maximum atomic E-state index is 8.06. The zero-order chi connectivity index (χ0) is 10.7. The lowest BCUT2D eigenvalue weighted by Crippen LogP contribution is -1.99. The predicted octanol–water partition coefficient (Wildman–Crippen LogP) is -0.907. The third kappa shape index (κ3) is 34400. The third-order valence-electron chi connectivity index (χ3n) is 0. The number of aliphatic hydroxyl groups is 1. The minimum absolute atomic E-state index is 0. The molecule has 94 valence electrons. The van der Waals surface area contributed by atoms with Crippen LogP contribution in [0, 0.1) is 0 Å². The fourth-order valence-corrected chi connectivity index (χ4v) is 0. The summed E-state index contributed by atoms with van der Waals surface area (Å²) in [5.74, 6) is 0. The minimum Gasteiger partial charge on any atom is -0.412 e. The second-order valence-electron chi connectivity index (χ2n) is 3.78. The fourth-order valence-electron chi connectivity index (χ4n) is 0. The van der Waals surface area contributed by atoms with Crippen molar-refractivity contribution in [1.82, 2.24) is 9.80 Å². The van der Waals surface area contributed by atoms with E-state index in [2.05, 4.69) is 0 Å². The first-order valence-corrected chi connectivity index (χ1v) is 4.10. The molecule has 0 amide bonds. The van der Waals surface area contributed by atoms with Crippen molar-refractivity contribution in [1.29, 1.82) is 0 Å². The number of rotatable bonds is 0. The molecule has 0 bridgehead atoms. The normalized spacial score (nSPS) is 7.71. The van der Waals surface area contributed by atoms with Crippen LogP contribution in [0.15, 0.2) is 0 Å². The molecule has 0 spiro atoms. The first kappa shape index (κ1) is 29.2. The quantitative estimate of drug-likeness (QED) is 0.566. The van der Waals surface area contributed by atoms with Crippen molar-refractivity contribution in [3.05, 3.63) is 0 Å². The molecule has 0 aliphatic carbocycles. The molecule has 0 rings (SSSR count). The van der Waals surface area contributed by atoms with Crippen LogP contribution in [0.25, 0.3) is 0 Å². The maximum absolute atomic E-state index is 8.06. The molecular formula is C9H30N2O3. The van der Waals surface area contributed by atoms with Gasteiger partial charge in [0.05, 0.1) is 0 Å². The van der Waals surface area contributed by atoms with E-state index in [-0.39, 0.29) is 17.1 Å². The van der Waals surface area contributed by atoms with Gasteiger partial charge < -0.3 is 25.9 Å². The van der Waals surface area contributed by atoms with E-state index in [0.29, 0.717) is 0 Å². The van der Waals surface area contributed by atoms with E-state index in [1.807, 2.05) is 52.1 Å². The molecule has 0 radical (unpaired) electrons. The van der Waals surface area contributed by atoms with Crippen molar-refractivity contribution in [3.63, 3.8) is 0 Å². The Hall–Kier alpha value is -0.200. The van der Waals surface area contributed by atoms with Crippen LogP contribution in [-0.4, -0.2) is 74.2 Å². The van der Waals surface area contributed by atoms with Gasteiger partial charge in [-0.2, -0.15) is 0 Å². The van der Waals surface area contributed by atoms with E-state index in [1.54, 1.807) is 13.8 Å². The predicted molar refractivity (Wildman–Crippen MR) is 63.8 cm³/mol. The molecule has 0 fully saturated rings. The second kappa shape index (κ2) is 23.0. The standard InChI is InChI=1S/2C3H9N.C3H8O.2H2O/c2*1-4(2)3;1-3(2)4;;/h2*1-3H3;3-4H,1-2H3;2*1H2. The van der Waals surface area contributed by atoms with Gasteiger partial charge in [0.25, 0.3) is 0 Å². The summed E-state index contributed by atoms with van der Waals surface area (Å²) in [6.45, 7) is 3.44. The first-order valence-electron chi connectivity index (χ1n) is 4.10. The van der Waals surface area contributed by atoms with Crippen LogP contribution in [0.1, 0.15) is 13.8 Å². The van der Waals surface area contributed by atoms with Gasteiger partial charge in [0.1, 0.15) is 0 Å². The van der Waals surface area contributed by atoms with Crippen molar-refractivity contribution in [2.45, 2.75) is 20.0 Å². The number of nitrogens with zero attached hydrogens (tertiary/aromatic N) is 2. The Morgan fingerprint density at radius 2 is 0.714 bits per heavy atom. The highest BCUT2D eigenvalue weighted by Gasteiger charge is 1.69. The van der Waals surface area contributed by atoms with Gasteiger partial charge >= 0.3 is 0 Å². The molecule has 0 heterocycles. The van der Waals surface area contributed by atoms with E-state index >= 15 is 0 Å².